The molecular formula is C62H79F4N13O7S. The molecule has 20 nitrogen and oxygen atoms in total. The van der Waals surface area contributed by atoms with Crippen molar-refractivity contribution in [3.8, 4) is 27.4 Å². The molecule has 0 bridgehead atoms. The Morgan fingerprint density at radius 3 is 2.31 bits per heavy atom. The Labute approximate surface area is 507 Å². The third-order valence-electron chi connectivity index (χ3n) is 16.9. The predicted octanol–water partition coefficient (Wildman–Crippen LogP) is 7.84. The number of imidazole rings is 1. The van der Waals surface area contributed by atoms with Crippen molar-refractivity contribution in [1.29, 1.82) is 0 Å². The van der Waals surface area contributed by atoms with Gasteiger partial charge in [0.25, 0.3) is 6.43 Å². The Morgan fingerprint density at radius 1 is 0.908 bits per heavy atom. The summed E-state index contributed by atoms with van der Waals surface area (Å²) in [5.74, 6) is -2.72. The van der Waals surface area contributed by atoms with E-state index in [4.69, 9.17) is 16.2 Å². The number of fused-ring (bicyclic) bond motifs is 1. The second-order valence-corrected chi connectivity index (χ2v) is 25.3. The number of carbonyl (C=O) groups is 4. The molecule has 9 rings (SSSR count). The zero-order chi connectivity index (χ0) is 62.2. The monoisotopic (exact) mass is 1230 g/mol. The number of nitrogens with two attached hydrogens (primary N) is 2. The number of aliphatic hydroxyl groups is 2. The molecule has 5 atom stereocenters. The number of nitrogens with one attached hydrogen (secondary N) is 2. The zero-order valence-corrected chi connectivity index (χ0v) is 50.5. The van der Waals surface area contributed by atoms with Crippen molar-refractivity contribution in [2.75, 3.05) is 43.4 Å². The molecule has 0 aliphatic carbocycles. The van der Waals surface area contributed by atoms with Crippen LogP contribution in [0.2, 0.25) is 0 Å². The molecule has 7 heterocycles. The minimum absolute atomic E-state index is 0.00782. The van der Waals surface area contributed by atoms with E-state index in [1.165, 1.54) is 23.8 Å². The lowest BCUT2D eigenvalue weighted by Gasteiger charge is -2.44. The quantitative estimate of drug-likeness (QED) is 0.0249. The number of anilines is 2. The minimum Gasteiger partial charge on any atom is -0.487 e. The highest BCUT2D eigenvalue weighted by molar-refractivity contribution is 7.13. The van der Waals surface area contributed by atoms with Crippen LogP contribution in [-0.4, -0.2) is 148 Å². The van der Waals surface area contributed by atoms with Gasteiger partial charge in [0.15, 0.2) is 23.0 Å². The summed E-state index contributed by atoms with van der Waals surface area (Å²) < 4.78 is 67.2. The van der Waals surface area contributed by atoms with Crippen molar-refractivity contribution in [2.24, 2.45) is 11.1 Å². The van der Waals surface area contributed by atoms with E-state index in [2.05, 4.69) is 35.6 Å². The third-order valence-corrected chi connectivity index (χ3v) is 17.8. The van der Waals surface area contributed by atoms with Gasteiger partial charge < -0.3 is 56.3 Å². The van der Waals surface area contributed by atoms with Gasteiger partial charge in [-0.1, -0.05) is 77.1 Å². The van der Waals surface area contributed by atoms with E-state index in [1.807, 2.05) is 52.0 Å². The van der Waals surface area contributed by atoms with Crippen LogP contribution in [0.3, 0.4) is 0 Å². The lowest BCUT2D eigenvalue weighted by Crippen LogP contribution is -2.63. The number of piperidine rings is 2. The first kappa shape index (κ1) is 64.1. The highest BCUT2D eigenvalue weighted by atomic mass is 32.1. The number of aromatic nitrogens is 6. The molecule has 3 aliphatic rings. The number of rotatable bonds is 24. The molecule has 0 saturated carbocycles. The maximum absolute atomic E-state index is 16.1. The van der Waals surface area contributed by atoms with Crippen LogP contribution in [0.4, 0.5) is 29.1 Å². The molecule has 0 radical (unpaired) electrons. The van der Waals surface area contributed by atoms with E-state index in [1.54, 1.807) is 37.3 Å². The molecule has 0 spiro atoms. The Bertz CT molecular complexity index is 3380. The van der Waals surface area contributed by atoms with Gasteiger partial charge in [0.05, 0.1) is 58.2 Å². The Balaban J connectivity index is 0.684. The molecule has 4 amide bonds. The maximum atomic E-state index is 16.1. The van der Waals surface area contributed by atoms with Gasteiger partial charge >= 0.3 is 0 Å². The van der Waals surface area contributed by atoms with Crippen molar-refractivity contribution in [1.82, 2.24) is 49.9 Å². The van der Waals surface area contributed by atoms with E-state index < -0.39 is 65.3 Å². The number of nitrogens with zero attached hydrogens (tertiary/aromatic N) is 9. The number of amides is 4. The number of carbonyl (C=O) groups excluding carboxylic acids is 4. The van der Waals surface area contributed by atoms with Crippen molar-refractivity contribution in [2.45, 2.75) is 173 Å². The van der Waals surface area contributed by atoms with E-state index in [-0.39, 0.29) is 86.0 Å². The van der Waals surface area contributed by atoms with Crippen molar-refractivity contribution in [3.63, 3.8) is 0 Å². The SMILES string of the molecule is Cc1ncsc1-c1ccc(CNC(=O)[C@@H]2C[C@@H](O)CN2C(=O)[C@@H](NC(=O)CCCCCCCCCC(=O)N2CCC(Oc3cc(F)c(-c4cc(Cn5cnc6c(N)ncnc65)c(N5CCC[C@](N)([C@H](O)C(F)F)C5)cn4)cc3F)CC2)C(C)(C)C)cc1. The van der Waals surface area contributed by atoms with Crippen LogP contribution < -0.4 is 31.7 Å². The van der Waals surface area contributed by atoms with Crippen LogP contribution in [0.1, 0.15) is 127 Å². The number of unbranched alkanes of at least 4 members (excludes halogenated alkanes) is 6. The molecule has 6 aromatic rings. The van der Waals surface area contributed by atoms with Gasteiger partial charge in [-0.25, -0.2) is 37.5 Å². The average Bonchev–Trinajstić information content (AvgIpc) is 2.71. The molecule has 3 saturated heterocycles. The normalized spacial score (nSPS) is 19.2. The van der Waals surface area contributed by atoms with Gasteiger partial charge in [0, 0.05) is 83.0 Å². The molecule has 8 N–H and O–H groups in total. The number of thiazole rings is 1. The summed E-state index contributed by atoms with van der Waals surface area (Å²) in [6.07, 6.45) is 5.71. The lowest BCUT2D eigenvalue weighted by atomic mass is 9.84. The Morgan fingerprint density at radius 2 is 1.62 bits per heavy atom. The summed E-state index contributed by atoms with van der Waals surface area (Å²) in [5.41, 5.74) is 16.5. The predicted molar refractivity (Wildman–Crippen MR) is 322 cm³/mol. The zero-order valence-electron chi connectivity index (χ0n) is 49.7. The smallest absolute Gasteiger partial charge is 0.265 e. The van der Waals surface area contributed by atoms with Crippen molar-refractivity contribution >= 4 is 57.6 Å². The molecule has 0 unspecified atom stereocenters. The van der Waals surface area contributed by atoms with Crippen LogP contribution >= 0.6 is 11.3 Å². The van der Waals surface area contributed by atoms with Gasteiger partial charge in [-0.3, -0.25) is 24.2 Å². The number of β-amino-alcohol motifs (C(OH)–C–C–N with tert-alkyl or cyclic N) is 1. The topological polar surface area (TPSA) is 273 Å². The minimum atomic E-state index is -3.06. The summed E-state index contributed by atoms with van der Waals surface area (Å²) in [7, 11) is 0. The lowest BCUT2D eigenvalue weighted by molar-refractivity contribution is -0.144. The van der Waals surface area contributed by atoms with Crippen LogP contribution in [0.25, 0.3) is 32.9 Å². The molecule has 468 valence electrons. The fourth-order valence-electron chi connectivity index (χ4n) is 11.9. The van der Waals surface area contributed by atoms with Crippen LogP contribution in [0.5, 0.6) is 5.75 Å². The van der Waals surface area contributed by atoms with Gasteiger partial charge in [0.2, 0.25) is 23.6 Å². The van der Waals surface area contributed by atoms with Crippen molar-refractivity contribution < 1.29 is 51.7 Å². The molecule has 3 fully saturated rings. The first-order chi connectivity index (χ1) is 41.6. The molecular weight excluding hydrogens is 1150 g/mol. The third kappa shape index (κ3) is 15.7. The van der Waals surface area contributed by atoms with Crippen molar-refractivity contribution in [3.05, 3.63) is 95.3 Å². The van der Waals surface area contributed by atoms with Crippen LogP contribution in [0, 0.1) is 24.0 Å². The second kappa shape index (κ2) is 28.2. The maximum Gasteiger partial charge on any atom is 0.265 e. The highest BCUT2D eigenvalue weighted by Gasteiger charge is 2.45. The highest BCUT2D eigenvalue weighted by Crippen LogP contribution is 2.37. The fourth-order valence-corrected chi connectivity index (χ4v) is 12.7. The molecule has 87 heavy (non-hydrogen) atoms. The van der Waals surface area contributed by atoms with Gasteiger partial charge in [-0.2, -0.15) is 0 Å². The molecule has 4 aromatic heterocycles. The fraction of sp³-hybridized carbons (Fsp3) is 0.532. The summed E-state index contributed by atoms with van der Waals surface area (Å²) in [5, 5.41) is 26.9. The molecule has 3 aliphatic heterocycles. The summed E-state index contributed by atoms with van der Waals surface area (Å²) >= 11 is 1.56. The first-order valence-corrected chi connectivity index (χ1v) is 30.8. The molecule has 25 heteroatoms. The van der Waals surface area contributed by atoms with E-state index in [0.717, 1.165) is 72.4 Å². The number of hydrogen-bond acceptors (Lipinski definition) is 16. The largest absolute Gasteiger partial charge is 0.487 e. The van der Waals surface area contributed by atoms with E-state index in [0.29, 0.717) is 74.2 Å². The average molecular weight is 1230 g/mol. The number of aliphatic hydroxyl groups excluding tert-OH is 2. The summed E-state index contributed by atoms with van der Waals surface area (Å²) in [4.78, 5) is 81.5. The standard InChI is InChI=1S/C62H79F4N13O7S/c1-37-53(87-36-74-37)39-17-15-38(16-18-39)29-70-59(84)47-26-41(80)32-79(47)60(85)54(61(2,3)4)75-50(81)13-10-8-6-5-7-9-11-14-51(82)76-23-19-42(20-24-76)86-49-28-44(63)43(27-45(49)64)46-25-40(31-78-35-73-52-57(67)71-34-72-58(52)78)48(30-69-46)77-22-12-21-62(68,33-77)55(83)56(65)66/h15-18,25,27-28,30,34-36,41-42,47,54-56,80,83H,5-14,19-24,26,29,31-33,68H2,1-4H3,(H,70,84)(H,75,81)(H2,67,71,72)/t41-,47+,54-,55-,62-/m1/s1. The number of likely N-dealkylation sites (tertiary alicyclic amines) is 2. The number of nitrogen functional groups attached to an aromatic ring is 1. The van der Waals surface area contributed by atoms with Gasteiger partial charge in [0.1, 0.15) is 42.0 Å². The summed E-state index contributed by atoms with van der Waals surface area (Å²) in [6.45, 7) is 8.96. The number of halogens is 4. The first-order valence-electron chi connectivity index (χ1n) is 30.0. The number of hydrogen-bond donors (Lipinski definition) is 6. The van der Waals surface area contributed by atoms with Crippen LogP contribution in [-0.2, 0) is 32.3 Å². The number of pyridine rings is 1. The molecule has 2 aromatic carbocycles. The Kier molecular flexibility index (Phi) is 20.8. The number of ether oxygens (including phenoxy) is 1. The number of benzene rings is 2. The Hall–Kier alpha value is -7.35. The number of alkyl halides is 2. The van der Waals surface area contributed by atoms with Gasteiger partial charge in [-0.05, 0) is 66.8 Å². The van der Waals surface area contributed by atoms with E-state index in [9.17, 15) is 38.2 Å². The number of aryl methyl sites for hydroxylation is 1. The van der Waals surface area contributed by atoms with E-state index >= 15 is 8.78 Å². The summed E-state index contributed by atoms with van der Waals surface area (Å²) in [6, 6.07) is 9.65. The van der Waals surface area contributed by atoms with Crippen LogP contribution in [0.15, 0.2) is 66.8 Å². The van der Waals surface area contributed by atoms with Gasteiger partial charge in [-0.15, -0.1) is 11.3 Å². The second-order valence-electron chi connectivity index (χ2n) is 24.4.